The molecule has 1 aromatic heterocycles. The highest BCUT2D eigenvalue weighted by atomic mass is 32.2. The van der Waals surface area contributed by atoms with E-state index in [-0.39, 0.29) is 16.9 Å². The van der Waals surface area contributed by atoms with E-state index in [1.165, 1.54) is 18.7 Å². The van der Waals surface area contributed by atoms with E-state index < -0.39 is 0 Å². The first-order valence-electron chi connectivity index (χ1n) is 6.40. The van der Waals surface area contributed by atoms with Crippen molar-refractivity contribution >= 4 is 29.1 Å². The van der Waals surface area contributed by atoms with Gasteiger partial charge in [0.1, 0.15) is 6.33 Å². The molecule has 0 aliphatic carbocycles. The van der Waals surface area contributed by atoms with Gasteiger partial charge in [-0.25, -0.2) is 0 Å². The topological polar surface area (TPSA) is 76.9 Å². The Morgan fingerprint density at radius 2 is 2.14 bits per heavy atom. The summed E-state index contributed by atoms with van der Waals surface area (Å²) in [6, 6.07) is 6.88. The van der Waals surface area contributed by atoms with Crippen LogP contribution >= 0.6 is 11.8 Å². The van der Waals surface area contributed by atoms with Gasteiger partial charge in [0.2, 0.25) is 5.91 Å². The smallest absolute Gasteiger partial charge is 0.237 e. The second-order valence-corrected chi connectivity index (χ2v) is 5.92. The maximum absolute atomic E-state index is 12.2. The molecule has 0 fully saturated rings. The molecule has 0 saturated heterocycles. The van der Waals surface area contributed by atoms with Crippen LogP contribution in [0.4, 0.5) is 5.69 Å². The van der Waals surface area contributed by atoms with Crippen molar-refractivity contribution in [3.05, 3.63) is 36.2 Å². The number of hydrogen-bond acceptors (Lipinski definition) is 5. The number of hydrogen-bond donors (Lipinski definition) is 1. The summed E-state index contributed by atoms with van der Waals surface area (Å²) in [6.07, 6.45) is 1.59. The zero-order valence-corrected chi connectivity index (χ0v) is 12.8. The SMILES string of the molecule is CC(=O)c1cccc(NC(=O)C(C)Sc2nncn2C)c1. The predicted molar refractivity (Wildman–Crippen MR) is 81.4 cm³/mol. The number of carbonyl (C=O) groups excluding carboxylic acids is 2. The number of nitrogens with zero attached hydrogens (tertiary/aromatic N) is 3. The second-order valence-electron chi connectivity index (χ2n) is 4.61. The van der Waals surface area contributed by atoms with Crippen molar-refractivity contribution in [1.29, 1.82) is 0 Å². The average Bonchev–Trinajstić information content (AvgIpc) is 2.84. The second kappa shape index (κ2) is 6.53. The fourth-order valence-corrected chi connectivity index (χ4v) is 2.44. The lowest BCUT2D eigenvalue weighted by molar-refractivity contribution is -0.115. The minimum atomic E-state index is -0.325. The van der Waals surface area contributed by atoms with E-state index in [1.54, 1.807) is 42.1 Å². The van der Waals surface area contributed by atoms with Crippen LogP contribution in [0.25, 0.3) is 0 Å². The predicted octanol–water partition coefficient (Wildman–Crippen LogP) is 2.14. The van der Waals surface area contributed by atoms with Gasteiger partial charge in [-0.1, -0.05) is 23.9 Å². The monoisotopic (exact) mass is 304 g/mol. The number of aryl methyl sites for hydroxylation is 1. The van der Waals surface area contributed by atoms with E-state index in [0.29, 0.717) is 16.4 Å². The van der Waals surface area contributed by atoms with Crippen LogP contribution in [0.5, 0.6) is 0 Å². The molecule has 0 saturated carbocycles. The molecule has 2 aromatic rings. The van der Waals surface area contributed by atoms with Crippen molar-refractivity contribution in [2.24, 2.45) is 7.05 Å². The molecule has 0 bridgehead atoms. The first-order chi connectivity index (χ1) is 9.97. The number of thioether (sulfide) groups is 1. The number of aromatic nitrogens is 3. The third-order valence-corrected chi connectivity index (χ3v) is 4.01. The number of amides is 1. The number of benzene rings is 1. The lowest BCUT2D eigenvalue weighted by Crippen LogP contribution is -2.22. The fraction of sp³-hybridized carbons (Fsp3) is 0.286. The van der Waals surface area contributed by atoms with Crippen molar-refractivity contribution in [3.8, 4) is 0 Å². The molecule has 1 N–H and O–H groups in total. The molecule has 1 aromatic carbocycles. The Hall–Kier alpha value is -2.15. The highest BCUT2D eigenvalue weighted by Gasteiger charge is 2.17. The highest BCUT2D eigenvalue weighted by molar-refractivity contribution is 8.00. The molecule has 2 rings (SSSR count). The maximum Gasteiger partial charge on any atom is 0.237 e. The van der Waals surface area contributed by atoms with E-state index in [9.17, 15) is 9.59 Å². The molecule has 1 atom stereocenters. The van der Waals surface area contributed by atoms with Crippen molar-refractivity contribution in [3.63, 3.8) is 0 Å². The summed E-state index contributed by atoms with van der Waals surface area (Å²) < 4.78 is 1.75. The Morgan fingerprint density at radius 1 is 1.38 bits per heavy atom. The third-order valence-electron chi connectivity index (χ3n) is 2.86. The molecule has 0 spiro atoms. The molecule has 1 unspecified atom stereocenters. The third kappa shape index (κ3) is 3.91. The molecule has 110 valence electrons. The fourth-order valence-electron chi connectivity index (χ4n) is 1.65. The summed E-state index contributed by atoms with van der Waals surface area (Å²) in [6.45, 7) is 3.29. The number of anilines is 1. The number of carbonyl (C=O) groups is 2. The van der Waals surface area contributed by atoms with Gasteiger partial charge >= 0.3 is 0 Å². The number of ketones is 1. The van der Waals surface area contributed by atoms with E-state index in [0.717, 1.165) is 0 Å². The molecule has 0 radical (unpaired) electrons. The Bertz CT molecular complexity index is 668. The lowest BCUT2D eigenvalue weighted by atomic mass is 10.1. The van der Waals surface area contributed by atoms with Gasteiger partial charge in [-0.05, 0) is 26.0 Å². The van der Waals surface area contributed by atoms with Crippen molar-refractivity contribution in [2.75, 3.05) is 5.32 Å². The largest absolute Gasteiger partial charge is 0.325 e. The normalized spacial score (nSPS) is 12.0. The first kappa shape index (κ1) is 15.2. The lowest BCUT2D eigenvalue weighted by Gasteiger charge is -2.11. The number of rotatable bonds is 5. The summed E-state index contributed by atoms with van der Waals surface area (Å²) in [5.74, 6) is -0.184. The van der Waals surface area contributed by atoms with Crippen LogP contribution in [0.2, 0.25) is 0 Å². The zero-order chi connectivity index (χ0) is 15.4. The maximum atomic E-state index is 12.2. The van der Waals surface area contributed by atoms with Crippen LogP contribution in [-0.4, -0.2) is 31.7 Å². The van der Waals surface area contributed by atoms with Gasteiger partial charge in [-0.15, -0.1) is 10.2 Å². The van der Waals surface area contributed by atoms with Gasteiger partial charge in [0, 0.05) is 18.3 Å². The van der Waals surface area contributed by atoms with Gasteiger partial charge in [0.25, 0.3) is 0 Å². The van der Waals surface area contributed by atoms with Gasteiger partial charge in [-0.2, -0.15) is 0 Å². The average molecular weight is 304 g/mol. The van der Waals surface area contributed by atoms with Crippen LogP contribution < -0.4 is 5.32 Å². The van der Waals surface area contributed by atoms with Crippen LogP contribution in [0.15, 0.2) is 35.7 Å². The molecule has 21 heavy (non-hydrogen) atoms. The zero-order valence-electron chi connectivity index (χ0n) is 12.0. The minimum Gasteiger partial charge on any atom is -0.325 e. The van der Waals surface area contributed by atoms with Crippen LogP contribution in [0.1, 0.15) is 24.2 Å². The van der Waals surface area contributed by atoms with E-state index in [2.05, 4.69) is 15.5 Å². The Balaban J connectivity index is 2.02. The van der Waals surface area contributed by atoms with Crippen molar-refractivity contribution < 1.29 is 9.59 Å². The van der Waals surface area contributed by atoms with E-state index in [1.807, 2.05) is 7.05 Å². The summed E-state index contributed by atoms with van der Waals surface area (Å²) in [5, 5.41) is 10.9. The molecule has 1 amide bonds. The summed E-state index contributed by atoms with van der Waals surface area (Å²) >= 11 is 1.33. The molecular weight excluding hydrogens is 288 g/mol. The Kier molecular flexibility index (Phi) is 4.74. The molecule has 7 heteroatoms. The summed E-state index contributed by atoms with van der Waals surface area (Å²) in [7, 11) is 1.82. The minimum absolute atomic E-state index is 0.0346. The van der Waals surface area contributed by atoms with Crippen LogP contribution in [-0.2, 0) is 11.8 Å². The van der Waals surface area contributed by atoms with Gasteiger partial charge < -0.3 is 9.88 Å². The number of Topliss-reactive ketones (excluding diaryl/α,β-unsaturated/α-hetero) is 1. The summed E-state index contributed by atoms with van der Waals surface area (Å²) in [5.41, 5.74) is 1.18. The van der Waals surface area contributed by atoms with Crippen LogP contribution in [0, 0.1) is 0 Å². The Morgan fingerprint density at radius 3 is 2.76 bits per heavy atom. The standard InChI is InChI=1S/C14H16N4O2S/c1-9(19)11-5-4-6-12(7-11)16-13(20)10(2)21-14-17-15-8-18(14)3/h4-8,10H,1-3H3,(H,16,20). The van der Waals surface area contributed by atoms with Crippen molar-refractivity contribution in [1.82, 2.24) is 14.8 Å². The number of nitrogens with one attached hydrogen (secondary N) is 1. The quantitative estimate of drug-likeness (QED) is 0.676. The highest BCUT2D eigenvalue weighted by Crippen LogP contribution is 2.21. The van der Waals surface area contributed by atoms with Gasteiger partial charge in [0.05, 0.1) is 5.25 Å². The van der Waals surface area contributed by atoms with Gasteiger partial charge in [-0.3, -0.25) is 9.59 Å². The van der Waals surface area contributed by atoms with Crippen molar-refractivity contribution in [2.45, 2.75) is 24.3 Å². The molecule has 0 aliphatic rings. The molecule has 6 nitrogen and oxygen atoms in total. The Labute approximate surface area is 127 Å². The van der Waals surface area contributed by atoms with E-state index in [4.69, 9.17) is 0 Å². The first-order valence-corrected chi connectivity index (χ1v) is 7.28. The molecule has 0 aliphatic heterocycles. The van der Waals surface area contributed by atoms with Crippen LogP contribution in [0.3, 0.4) is 0 Å². The molecule has 1 heterocycles. The van der Waals surface area contributed by atoms with E-state index >= 15 is 0 Å². The molecular formula is C14H16N4O2S. The summed E-state index contributed by atoms with van der Waals surface area (Å²) in [4.78, 5) is 23.5. The van der Waals surface area contributed by atoms with Gasteiger partial charge in [0.15, 0.2) is 10.9 Å².